The summed E-state index contributed by atoms with van der Waals surface area (Å²) in [6.45, 7) is -0.154. The first-order valence-corrected chi connectivity index (χ1v) is 9.87. The second kappa shape index (κ2) is 7.28. The molecule has 0 saturated carbocycles. The van der Waals surface area contributed by atoms with Gasteiger partial charge in [-0.05, 0) is 30.3 Å². The number of ether oxygens (including phenoxy) is 2. The molecule has 0 radical (unpaired) electrons. The standard InChI is InChI=1S/C18H18N2O6S/c1-25-18(22)12-6-5-7-13(10-12)19-17(21)16-11-20(27(2,23)24)14-8-3-4-9-15(14)26-16/h3-10,16H,11H2,1-2H3,(H,19,21). The number of anilines is 2. The number of nitrogens with one attached hydrogen (secondary N) is 1. The summed E-state index contributed by atoms with van der Waals surface area (Å²) >= 11 is 0. The molecule has 1 aliphatic heterocycles. The predicted octanol–water partition coefficient (Wildman–Crippen LogP) is 1.64. The lowest BCUT2D eigenvalue weighted by Crippen LogP contribution is -2.48. The van der Waals surface area contributed by atoms with Crippen molar-refractivity contribution in [1.29, 1.82) is 0 Å². The van der Waals surface area contributed by atoms with Gasteiger partial charge in [0.05, 0.1) is 31.2 Å². The molecule has 2 aromatic rings. The molecule has 0 fully saturated rings. The highest BCUT2D eigenvalue weighted by Gasteiger charge is 2.34. The van der Waals surface area contributed by atoms with Crippen LogP contribution in [0.4, 0.5) is 11.4 Å². The topological polar surface area (TPSA) is 102 Å². The van der Waals surface area contributed by atoms with Gasteiger partial charge in [-0.25, -0.2) is 13.2 Å². The summed E-state index contributed by atoms with van der Waals surface area (Å²) in [4.78, 5) is 24.2. The Morgan fingerprint density at radius 2 is 1.93 bits per heavy atom. The number of rotatable bonds is 4. The van der Waals surface area contributed by atoms with Gasteiger partial charge in [-0.15, -0.1) is 0 Å². The highest BCUT2D eigenvalue weighted by atomic mass is 32.2. The molecule has 0 aliphatic carbocycles. The molecule has 0 aromatic heterocycles. The van der Waals surface area contributed by atoms with E-state index in [-0.39, 0.29) is 12.1 Å². The van der Waals surface area contributed by atoms with Crippen LogP contribution in [-0.4, -0.2) is 46.3 Å². The monoisotopic (exact) mass is 390 g/mol. The first-order valence-electron chi connectivity index (χ1n) is 8.02. The van der Waals surface area contributed by atoms with E-state index in [1.807, 2.05) is 0 Å². The van der Waals surface area contributed by atoms with E-state index in [2.05, 4.69) is 10.1 Å². The molecule has 27 heavy (non-hydrogen) atoms. The zero-order chi connectivity index (χ0) is 19.6. The third-order valence-electron chi connectivity index (χ3n) is 3.98. The molecule has 0 bridgehead atoms. The second-order valence-corrected chi connectivity index (χ2v) is 7.84. The van der Waals surface area contributed by atoms with Crippen molar-refractivity contribution in [3.63, 3.8) is 0 Å². The normalized spacial score (nSPS) is 16.1. The van der Waals surface area contributed by atoms with Crippen LogP contribution in [0.25, 0.3) is 0 Å². The average molecular weight is 390 g/mol. The Hall–Kier alpha value is -3.07. The Morgan fingerprint density at radius 3 is 2.63 bits per heavy atom. The van der Waals surface area contributed by atoms with Crippen LogP contribution in [0.3, 0.4) is 0 Å². The Balaban J connectivity index is 1.83. The van der Waals surface area contributed by atoms with Gasteiger partial charge >= 0.3 is 5.97 Å². The zero-order valence-electron chi connectivity index (χ0n) is 14.7. The zero-order valence-corrected chi connectivity index (χ0v) is 15.5. The summed E-state index contributed by atoms with van der Waals surface area (Å²) in [6.07, 6.45) is 0.0283. The average Bonchev–Trinajstić information content (AvgIpc) is 2.65. The molecular formula is C18H18N2O6S. The lowest BCUT2D eigenvalue weighted by Gasteiger charge is -2.33. The molecule has 1 amide bonds. The Bertz CT molecular complexity index is 989. The fraction of sp³-hybridized carbons (Fsp3) is 0.222. The van der Waals surface area contributed by atoms with Crippen LogP contribution in [-0.2, 0) is 19.6 Å². The first-order chi connectivity index (χ1) is 12.8. The molecule has 142 valence electrons. The van der Waals surface area contributed by atoms with Gasteiger partial charge < -0.3 is 14.8 Å². The number of methoxy groups -OCH3 is 1. The molecule has 3 rings (SSSR count). The van der Waals surface area contributed by atoms with Crippen molar-refractivity contribution in [2.75, 3.05) is 29.5 Å². The van der Waals surface area contributed by atoms with Crippen molar-refractivity contribution in [1.82, 2.24) is 0 Å². The maximum Gasteiger partial charge on any atom is 0.337 e. The minimum absolute atomic E-state index is 0.154. The van der Waals surface area contributed by atoms with Gasteiger partial charge in [0.15, 0.2) is 6.10 Å². The van der Waals surface area contributed by atoms with E-state index in [1.54, 1.807) is 42.5 Å². The summed E-state index contributed by atoms with van der Waals surface area (Å²) in [7, 11) is -2.32. The van der Waals surface area contributed by atoms with Gasteiger partial charge in [0.2, 0.25) is 10.0 Å². The lowest BCUT2D eigenvalue weighted by atomic mass is 10.2. The third kappa shape index (κ3) is 4.03. The first kappa shape index (κ1) is 18.7. The number of carbonyl (C=O) groups is 2. The molecule has 0 spiro atoms. The predicted molar refractivity (Wildman–Crippen MR) is 99.5 cm³/mol. The van der Waals surface area contributed by atoms with Crippen molar-refractivity contribution in [3.8, 4) is 5.75 Å². The van der Waals surface area contributed by atoms with Gasteiger partial charge in [0.25, 0.3) is 5.91 Å². The molecule has 9 heteroatoms. The number of hydrogen-bond donors (Lipinski definition) is 1. The minimum atomic E-state index is -3.59. The quantitative estimate of drug-likeness (QED) is 0.797. The maximum atomic E-state index is 12.6. The molecule has 2 aromatic carbocycles. The summed E-state index contributed by atoms with van der Waals surface area (Å²) in [6, 6.07) is 12.8. The summed E-state index contributed by atoms with van der Waals surface area (Å²) in [5.41, 5.74) is 1.04. The number of benzene rings is 2. The summed E-state index contributed by atoms with van der Waals surface area (Å²) < 4.78 is 35.7. The maximum absolute atomic E-state index is 12.6. The number of para-hydroxylation sites is 2. The third-order valence-corrected chi connectivity index (χ3v) is 5.13. The van der Waals surface area contributed by atoms with Crippen LogP contribution in [0.1, 0.15) is 10.4 Å². The van der Waals surface area contributed by atoms with E-state index < -0.39 is 28.0 Å². The van der Waals surface area contributed by atoms with Gasteiger partial charge in [0.1, 0.15) is 5.75 Å². The SMILES string of the molecule is COC(=O)c1cccc(NC(=O)C2CN(S(C)(=O)=O)c3ccccc3O2)c1. The van der Waals surface area contributed by atoms with Crippen molar-refractivity contribution in [2.24, 2.45) is 0 Å². The molecular weight excluding hydrogens is 372 g/mol. The Labute approximate surface area is 156 Å². The van der Waals surface area contributed by atoms with Crippen LogP contribution in [0, 0.1) is 0 Å². The summed E-state index contributed by atoms with van der Waals surface area (Å²) in [5, 5.41) is 2.64. The Morgan fingerprint density at radius 1 is 1.19 bits per heavy atom. The van der Waals surface area contributed by atoms with E-state index in [9.17, 15) is 18.0 Å². The number of amides is 1. The fourth-order valence-corrected chi connectivity index (χ4v) is 3.63. The van der Waals surface area contributed by atoms with E-state index >= 15 is 0 Å². The van der Waals surface area contributed by atoms with Gasteiger partial charge in [-0.1, -0.05) is 18.2 Å². The van der Waals surface area contributed by atoms with E-state index in [4.69, 9.17) is 4.74 Å². The van der Waals surface area contributed by atoms with Gasteiger partial charge in [0, 0.05) is 5.69 Å². The second-order valence-electron chi connectivity index (χ2n) is 5.93. The van der Waals surface area contributed by atoms with E-state index in [0.717, 1.165) is 10.6 Å². The number of nitrogens with zero attached hydrogens (tertiary/aromatic N) is 1. The number of carbonyl (C=O) groups excluding carboxylic acids is 2. The van der Waals surface area contributed by atoms with Crippen molar-refractivity contribution < 1.29 is 27.5 Å². The molecule has 0 saturated heterocycles. The van der Waals surface area contributed by atoms with Crippen molar-refractivity contribution >= 4 is 33.3 Å². The number of hydrogen-bond acceptors (Lipinski definition) is 6. The smallest absolute Gasteiger partial charge is 0.337 e. The highest BCUT2D eigenvalue weighted by Crippen LogP contribution is 2.34. The van der Waals surface area contributed by atoms with Crippen molar-refractivity contribution in [3.05, 3.63) is 54.1 Å². The number of fused-ring (bicyclic) bond motifs is 1. The molecule has 1 N–H and O–H groups in total. The fourth-order valence-electron chi connectivity index (χ4n) is 2.72. The molecule has 1 atom stereocenters. The van der Waals surface area contributed by atoms with Gasteiger partial charge in [-0.2, -0.15) is 0 Å². The van der Waals surface area contributed by atoms with Gasteiger partial charge in [-0.3, -0.25) is 9.10 Å². The number of esters is 1. The highest BCUT2D eigenvalue weighted by molar-refractivity contribution is 7.92. The van der Waals surface area contributed by atoms with Crippen LogP contribution in [0.2, 0.25) is 0 Å². The van der Waals surface area contributed by atoms with Crippen LogP contribution in [0.5, 0.6) is 5.75 Å². The van der Waals surface area contributed by atoms with Crippen LogP contribution in [0.15, 0.2) is 48.5 Å². The largest absolute Gasteiger partial charge is 0.476 e. The van der Waals surface area contributed by atoms with E-state index in [0.29, 0.717) is 17.1 Å². The molecule has 8 nitrogen and oxygen atoms in total. The van der Waals surface area contributed by atoms with Crippen molar-refractivity contribution in [2.45, 2.75) is 6.10 Å². The van der Waals surface area contributed by atoms with Crippen LogP contribution < -0.4 is 14.4 Å². The van der Waals surface area contributed by atoms with E-state index in [1.165, 1.54) is 13.2 Å². The Kier molecular flexibility index (Phi) is 5.04. The molecule has 1 unspecified atom stereocenters. The number of sulfonamides is 1. The lowest BCUT2D eigenvalue weighted by molar-refractivity contribution is -0.122. The minimum Gasteiger partial charge on any atom is -0.476 e. The van der Waals surface area contributed by atoms with Crippen LogP contribution >= 0.6 is 0 Å². The molecule has 1 heterocycles. The summed E-state index contributed by atoms with van der Waals surface area (Å²) in [5.74, 6) is -0.755. The molecule has 1 aliphatic rings.